The zero-order valence-corrected chi connectivity index (χ0v) is 12.5. The van der Waals surface area contributed by atoms with E-state index < -0.39 is 0 Å². The van der Waals surface area contributed by atoms with Crippen molar-refractivity contribution in [1.29, 1.82) is 0 Å². The quantitative estimate of drug-likeness (QED) is 0.873. The first kappa shape index (κ1) is 14.7. The molecule has 20 heavy (non-hydrogen) atoms. The Bertz CT molecular complexity index is 551. The number of nitrogens with two attached hydrogens (primary N) is 1. The molecule has 0 bridgehead atoms. The van der Waals surface area contributed by atoms with E-state index in [9.17, 15) is 4.79 Å². The Hall–Kier alpha value is -1.73. The monoisotopic (exact) mass is 293 g/mol. The zero-order chi connectivity index (χ0) is 14.5. The molecule has 2 aromatic heterocycles. The largest absolute Gasteiger partial charge is 0.340 e. The Morgan fingerprint density at radius 3 is 3.05 bits per heavy atom. The summed E-state index contributed by atoms with van der Waals surface area (Å²) in [5, 5.41) is 12.0. The first-order valence-corrected chi connectivity index (χ1v) is 7.45. The fraction of sp³-hybridized carbons (Fsp3) is 0.462. The topological polar surface area (TPSA) is 77.0 Å². The molecule has 108 valence electrons. The number of carbonyl (C=O) groups is 1. The van der Waals surface area contributed by atoms with Crippen LogP contribution in [0.15, 0.2) is 23.0 Å². The van der Waals surface area contributed by atoms with Gasteiger partial charge in [0, 0.05) is 13.6 Å². The van der Waals surface area contributed by atoms with Crippen molar-refractivity contribution in [3.63, 3.8) is 0 Å². The van der Waals surface area contributed by atoms with Crippen molar-refractivity contribution in [2.24, 2.45) is 5.73 Å². The Kier molecular flexibility index (Phi) is 4.86. The van der Waals surface area contributed by atoms with Crippen LogP contribution in [0.3, 0.4) is 0 Å². The van der Waals surface area contributed by atoms with Crippen LogP contribution in [0.4, 0.5) is 0 Å². The molecule has 0 fully saturated rings. The maximum atomic E-state index is 12.1. The van der Waals surface area contributed by atoms with Gasteiger partial charge in [-0.1, -0.05) is 12.1 Å². The van der Waals surface area contributed by atoms with E-state index in [1.807, 2.05) is 23.8 Å². The van der Waals surface area contributed by atoms with Crippen LogP contribution < -0.4 is 5.73 Å². The summed E-state index contributed by atoms with van der Waals surface area (Å²) >= 11 is 1.63. The van der Waals surface area contributed by atoms with Gasteiger partial charge in [0.05, 0.1) is 17.9 Å². The lowest BCUT2D eigenvalue weighted by Crippen LogP contribution is -2.29. The first-order chi connectivity index (χ1) is 9.60. The minimum atomic E-state index is -0.123. The van der Waals surface area contributed by atoms with Crippen molar-refractivity contribution in [2.75, 3.05) is 7.05 Å². The molecule has 2 aromatic rings. The number of likely N-dealkylation sites (N-methyl/N-ethyl adjacent to an activating group) is 1. The highest BCUT2D eigenvalue weighted by atomic mass is 32.1. The van der Waals surface area contributed by atoms with E-state index in [0.717, 1.165) is 17.7 Å². The Labute approximate surface area is 122 Å². The first-order valence-electron chi connectivity index (χ1n) is 6.50. The summed E-state index contributed by atoms with van der Waals surface area (Å²) in [5.74, 6) is -0.00211. The van der Waals surface area contributed by atoms with Crippen molar-refractivity contribution in [3.8, 4) is 0 Å². The SMILES string of the molecule is CCC(N)c1cn(CC(=O)N(C)Cc2ccsc2)nn1. The van der Waals surface area contributed by atoms with Gasteiger partial charge < -0.3 is 10.6 Å². The van der Waals surface area contributed by atoms with E-state index in [-0.39, 0.29) is 18.5 Å². The fourth-order valence-corrected chi connectivity index (χ4v) is 2.43. The van der Waals surface area contributed by atoms with Gasteiger partial charge in [0.2, 0.25) is 5.91 Å². The molecule has 2 rings (SSSR count). The molecule has 0 radical (unpaired) electrons. The molecule has 2 N–H and O–H groups in total. The molecule has 1 amide bonds. The summed E-state index contributed by atoms with van der Waals surface area (Å²) in [6, 6.07) is 1.89. The van der Waals surface area contributed by atoms with Gasteiger partial charge >= 0.3 is 0 Å². The lowest BCUT2D eigenvalue weighted by Gasteiger charge is -2.16. The summed E-state index contributed by atoms with van der Waals surface area (Å²) in [6.07, 6.45) is 2.54. The average Bonchev–Trinajstić information content (AvgIpc) is 3.09. The molecule has 0 aliphatic heterocycles. The number of aromatic nitrogens is 3. The summed E-state index contributed by atoms with van der Waals surface area (Å²) in [6.45, 7) is 2.78. The lowest BCUT2D eigenvalue weighted by atomic mass is 10.2. The van der Waals surface area contributed by atoms with Crippen molar-refractivity contribution in [1.82, 2.24) is 19.9 Å². The molecule has 0 aliphatic carbocycles. The highest BCUT2D eigenvalue weighted by Gasteiger charge is 2.13. The number of carbonyl (C=O) groups excluding carboxylic acids is 1. The second-order valence-electron chi connectivity index (χ2n) is 4.74. The Morgan fingerprint density at radius 2 is 2.40 bits per heavy atom. The van der Waals surface area contributed by atoms with Crippen molar-refractivity contribution in [3.05, 3.63) is 34.3 Å². The number of hydrogen-bond donors (Lipinski definition) is 1. The third-order valence-electron chi connectivity index (χ3n) is 3.10. The normalized spacial score (nSPS) is 12.3. The molecule has 1 atom stereocenters. The van der Waals surface area contributed by atoms with Crippen molar-refractivity contribution >= 4 is 17.2 Å². The molecule has 2 heterocycles. The number of rotatable bonds is 6. The number of hydrogen-bond acceptors (Lipinski definition) is 5. The van der Waals surface area contributed by atoms with Crippen LogP contribution in [0.5, 0.6) is 0 Å². The summed E-state index contributed by atoms with van der Waals surface area (Å²) in [4.78, 5) is 13.8. The maximum Gasteiger partial charge on any atom is 0.244 e. The van der Waals surface area contributed by atoms with Crippen LogP contribution in [0.25, 0.3) is 0 Å². The average molecular weight is 293 g/mol. The van der Waals surface area contributed by atoms with Gasteiger partial charge in [-0.25, -0.2) is 4.68 Å². The predicted octanol–water partition coefficient (Wildman–Crippen LogP) is 1.41. The zero-order valence-electron chi connectivity index (χ0n) is 11.7. The van der Waals surface area contributed by atoms with Crippen LogP contribution in [-0.2, 0) is 17.9 Å². The van der Waals surface area contributed by atoms with E-state index in [1.165, 1.54) is 4.68 Å². The van der Waals surface area contributed by atoms with Crippen LogP contribution in [0.2, 0.25) is 0 Å². The number of thiophene rings is 1. The second kappa shape index (κ2) is 6.62. The molecular weight excluding hydrogens is 274 g/mol. The molecule has 7 heteroatoms. The van der Waals surface area contributed by atoms with E-state index in [1.54, 1.807) is 29.5 Å². The van der Waals surface area contributed by atoms with E-state index in [0.29, 0.717) is 6.54 Å². The molecular formula is C13H19N5OS. The maximum absolute atomic E-state index is 12.1. The molecule has 0 aromatic carbocycles. The number of nitrogens with zero attached hydrogens (tertiary/aromatic N) is 4. The van der Waals surface area contributed by atoms with Gasteiger partial charge in [-0.05, 0) is 28.8 Å². The highest BCUT2D eigenvalue weighted by Crippen LogP contribution is 2.10. The van der Waals surface area contributed by atoms with Crippen LogP contribution in [0, 0.1) is 0 Å². The molecule has 0 spiro atoms. The number of amides is 1. The van der Waals surface area contributed by atoms with Crippen LogP contribution in [0.1, 0.15) is 30.6 Å². The van der Waals surface area contributed by atoms with E-state index >= 15 is 0 Å². The molecule has 0 aliphatic rings. The molecule has 6 nitrogen and oxygen atoms in total. The standard InChI is InChI=1S/C13H19N5OS/c1-3-11(14)12-7-18(16-15-12)8-13(19)17(2)6-10-4-5-20-9-10/h4-5,7,9,11H,3,6,8,14H2,1-2H3. The summed E-state index contributed by atoms with van der Waals surface area (Å²) < 4.78 is 1.54. The summed E-state index contributed by atoms with van der Waals surface area (Å²) in [7, 11) is 1.79. The summed E-state index contributed by atoms with van der Waals surface area (Å²) in [5.41, 5.74) is 7.74. The minimum absolute atomic E-state index is 0.00211. The Morgan fingerprint density at radius 1 is 1.60 bits per heavy atom. The van der Waals surface area contributed by atoms with Gasteiger partial charge in [-0.15, -0.1) is 5.10 Å². The van der Waals surface area contributed by atoms with E-state index in [2.05, 4.69) is 10.3 Å². The molecule has 0 saturated heterocycles. The van der Waals surface area contributed by atoms with Crippen molar-refractivity contribution in [2.45, 2.75) is 32.5 Å². The second-order valence-corrected chi connectivity index (χ2v) is 5.52. The third-order valence-corrected chi connectivity index (χ3v) is 3.83. The fourth-order valence-electron chi connectivity index (χ4n) is 1.77. The highest BCUT2D eigenvalue weighted by molar-refractivity contribution is 7.07. The lowest BCUT2D eigenvalue weighted by molar-refractivity contribution is -0.131. The van der Waals surface area contributed by atoms with E-state index in [4.69, 9.17) is 5.73 Å². The molecule has 1 unspecified atom stereocenters. The van der Waals surface area contributed by atoms with Crippen LogP contribution >= 0.6 is 11.3 Å². The van der Waals surface area contributed by atoms with Crippen molar-refractivity contribution < 1.29 is 4.79 Å². The van der Waals surface area contributed by atoms with Gasteiger partial charge in [0.15, 0.2) is 0 Å². The van der Waals surface area contributed by atoms with Gasteiger partial charge in [0.1, 0.15) is 6.54 Å². The smallest absolute Gasteiger partial charge is 0.244 e. The van der Waals surface area contributed by atoms with Gasteiger partial charge in [-0.3, -0.25) is 4.79 Å². The molecule has 0 saturated carbocycles. The Balaban J connectivity index is 1.92. The van der Waals surface area contributed by atoms with Crippen LogP contribution in [-0.4, -0.2) is 32.8 Å². The third kappa shape index (κ3) is 3.64. The minimum Gasteiger partial charge on any atom is -0.340 e. The van der Waals surface area contributed by atoms with Gasteiger partial charge in [-0.2, -0.15) is 11.3 Å². The van der Waals surface area contributed by atoms with Gasteiger partial charge in [0.25, 0.3) is 0 Å². The predicted molar refractivity (Wildman–Crippen MR) is 78.0 cm³/mol.